The van der Waals surface area contributed by atoms with Gasteiger partial charge in [0.1, 0.15) is 17.5 Å². The van der Waals surface area contributed by atoms with Crippen LogP contribution in [0.5, 0.6) is 0 Å². The Hall–Kier alpha value is -3.19. The van der Waals surface area contributed by atoms with Gasteiger partial charge in [-0.2, -0.15) is 5.26 Å². The number of carbonyl (C=O) groups excluding carboxylic acids is 1. The van der Waals surface area contributed by atoms with Crippen LogP contribution in [-0.4, -0.2) is 10.8 Å². The number of H-pyrrole nitrogens is 1. The molecular formula is C19H13FN2O. The summed E-state index contributed by atoms with van der Waals surface area (Å²) in [5, 5.41) is 10.1. The zero-order valence-electron chi connectivity index (χ0n) is 12.4. The maximum Gasteiger partial charge on any atom is 0.205 e. The lowest BCUT2D eigenvalue weighted by Crippen LogP contribution is -2.02. The Labute approximate surface area is 132 Å². The van der Waals surface area contributed by atoms with Gasteiger partial charge in [0.05, 0.1) is 0 Å². The lowest BCUT2D eigenvalue weighted by Gasteiger charge is -2.02. The van der Waals surface area contributed by atoms with E-state index >= 15 is 0 Å². The summed E-state index contributed by atoms with van der Waals surface area (Å²) in [7, 11) is 0. The topological polar surface area (TPSA) is 56.6 Å². The van der Waals surface area contributed by atoms with E-state index in [-0.39, 0.29) is 11.1 Å². The van der Waals surface area contributed by atoms with Crippen LogP contribution in [0.25, 0.3) is 17.0 Å². The third-order valence-corrected chi connectivity index (χ3v) is 3.73. The smallest absolute Gasteiger partial charge is 0.205 e. The van der Waals surface area contributed by atoms with Crippen molar-refractivity contribution in [1.82, 2.24) is 4.98 Å². The van der Waals surface area contributed by atoms with Crippen molar-refractivity contribution in [2.75, 3.05) is 0 Å². The first-order chi connectivity index (χ1) is 11.1. The van der Waals surface area contributed by atoms with Gasteiger partial charge >= 0.3 is 0 Å². The molecule has 1 aromatic heterocycles. The highest BCUT2D eigenvalue weighted by Crippen LogP contribution is 2.25. The highest BCUT2D eigenvalue weighted by atomic mass is 19.1. The first-order valence-corrected chi connectivity index (χ1v) is 7.09. The molecule has 112 valence electrons. The molecule has 0 radical (unpaired) electrons. The fourth-order valence-corrected chi connectivity index (χ4v) is 2.59. The molecule has 0 unspecified atom stereocenters. The van der Waals surface area contributed by atoms with Gasteiger partial charge in [0.25, 0.3) is 0 Å². The normalized spacial score (nSPS) is 11.4. The van der Waals surface area contributed by atoms with Crippen LogP contribution in [0.15, 0.2) is 54.2 Å². The number of benzene rings is 2. The Kier molecular flexibility index (Phi) is 3.78. The van der Waals surface area contributed by atoms with E-state index in [9.17, 15) is 14.4 Å². The first kappa shape index (κ1) is 14.7. The van der Waals surface area contributed by atoms with Gasteiger partial charge in [-0.25, -0.2) is 4.39 Å². The van der Waals surface area contributed by atoms with Crippen molar-refractivity contribution in [2.45, 2.75) is 6.92 Å². The number of allylic oxidation sites excluding steroid dienone is 1. The molecule has 0 aliphatic heterocycles. The summed E-state index contributed by atoms with van der Waals surface area (Å²) >= 11 is 0. The van der Waals surface area contributed by atoms with E-state index in [1.807, 2.05) is 31.2 Å². The van der Waals surface area contributed by atoms with Gasteiger partial charge in [0.15, 0.2) is 0 Å². The largest absolute Gasteiger partial charge is 0.360 e. The third-order valence-electron chi connectivity index (χ3n) is 3.73. The highest BCUT2D eigenvalue weighted by Gasteiger charge is 2.18. The van der Waals surface area contributed by atoms with E-state index < -0.39 is 11.6 Å². The molecule has 3 aromatic rings. The maximum absolute atomic E-state index is 13.7. The third kappa shape index (κ3) is 2.65. The molecule has 0 saturated heterocycles. The van der Waals surface area contributed by atoms with Crippen molar-refractivity contribution in [2.24, 2.45) is 0 Å². The lowest BCUT2D eigenvalue weighted by atomic mass is 9.99. The van der Waals surface area contributed by atoms with Gasteiger partial charge < -0.3 is 4.98 Å². The number of nitriles is 1. The zero-order valence-corrected chi connectivity index (χ0v) is 12.4. The SMILES string of the molecule is Cc1cccc2[nH]cc(C(=O)/C(C#N)=C/c3ccccc3F)c12. The van der Waals surface area contributed by atoms with Gasteiger partial charge in [-0.1, -0.05) is 30.3 Å². The predicted octanol–water partition coefficient (Wildman–Crippen LogP) is 4.41. The van der Waals surface area contributed by atoms with Crippen LogP contribution < -0.4 is 0 Å². The Balaban J connectivity index is 2.11. The molecule has 0 aliphatic rings. The number of nitrogens with one attached hydrogen (secondary N) is 1. The van der Waals surface area contributed by atoms with E-state index in [1.165, 1.54) is 18.2 Å². The van der Waals surface area contributed by atoms with Gasteiger partial charge in [-0.3, -0.25) is 4.79 Å². The summed E-state index contributed by atoms with van der Waals surface area (Å²) < 4.78 is 13.7. The summed E-state index contributed by atoms with van der Waals surface area (Å²) in [6.07, 6.45) is 2.88. The minimum absolute atomic E-state index is 0.0979. The van der Waals surface area contributed by atoms with Crippen molar-refractivity contribution in [3.63, 3.8) is 0 Å². The molecule has 2 aromatic carbocycles. The van der Waals surface area contributed by atoms with Gasteiger partial charge in [0.2, 0.25) is 5.78 Å². The number of Topliss-reactive ketones (excluding diaryl/α,β-unsaturated/α-hetero) is 1. The molecule has 0 aliphatic carbocycles. The van der Waals surface area contributed by atoms with Crippen molar-refractivity contribution in [1.29, 1.82) is 5.26 Å². The van der Waals surface area contributed by atoms with Crippen LogP contribution in [0.3, 0.4) is 0 Å². The van der Waals surface area contributed by atoms with E-state index in [4.69, 9.17) is 0 Å². The van der Waals surface area contributed by atoms with E-state index in [1.54, 1.807) is 18.3 Å². The number of halogens is 1. The number of fused-ring (bicyclic) bond motifs is 1. The fraction of sp³-hybridized carbons (Fsp3) is 0.0526. The average molecular weight is 304 g/mol. The quantitative estimate of drug-likeness (QED) is 0.443. The van der Waals surface area contributed by atoms with Gasteiger partial charge in [-0.15, -0.1) is 0 Å². The average Bonchev–Trinajstić information content (AvgIpc) is 2.99. The number of aryl methyl sites for hydroxylation is 1. The van der Waals surface area contributed by atoms with Gasteiger partial charge in [-0.05, 0) is 30.7 Å². The second-order valence-corrected chi connectivity index (χ2v) is 5.22. The number of ketones is 1. The Bertz CT molecular complexity index is 976. The van der Waals surface area contributed by atoms with Crippen molar-refractivity contribution in [3.05, 3.63) is 76.7 Å². The van der Waals surface area contributed by atoms with Crippen LogP contribution >= 0.6 is 0 Å². The number of carbonyl (C=O) groups is 1. The predicted molar refractivity (Wildman–Crippen MR) is 87.4 cm³/mol. The Morgan fingerprint density at radius 3 is 2.74 bits per heavy atom. The van der Waals surface area contributed by atoms with Crippen LogP contribution in [0, 0.1) is 24.1 Å². The summed E-state index contributed by atoms with van der Waals surface area (Å²) in [5.41, 5.74) is 2.31. The Morgan fingerprint density at radius 1 is 1.22 bits per heavy atom. The summed E-state index contributed by atoms with van der Waals surface area (Å²) in [6, 6.07) is 13.6. The number of aromatic amines is 1. The molecule has 3 nitrogen and oxygen atoms in total. The van der Waals surface area contributed by atoms with Gasteiger partial charge in [0, 0.05) is 28.2 Å². The highest BCUT2D eigenvalue weighted by molar-refractivity contribution is 6.20. The monoisotopic (exact) mass is 304 g/mol. The molecule has 0 amide bonds. The summed E-state index contributed by atoms with van der Waals surface area (Å²) in [4.78, 5) is 15.7. The second kappa shape index (κ2) is 5.90. The molecule has 0 fully saturated rings. The van der Waals surface area contributed by atoms with Crippen LogP contribution in [0.4, 0.5) is 4.39 Å². The molecule has 0 atom stereocenters. The fourth-order valence-electron chi connectivity index (χ4n) is 2.59. The Morgan fingerprint density at radius 2 is 2.00 bits per heavy atom. The maximum atomic E-state index is 13.7. The minimum Gasteiger partial charge on any atom is -0.360 e. The van der Waals surface area contributed by atoms with E-state index in [2.05, 4.69) is 4.98 Å². The van der Waals surface area contributed by atoms with Crippen LogP contribution in [0.2, 0.25) is 0 Å². The van der Waals surface area contributed by atoms with Crippen molar-refractivity contribution < 1.29 is 9.18 Å². The van der Waals surface area contributed by atoms with Crippen molar-refractivity contribution >= 4 is 22.8 Å². The second-order valence-electron chi connectivity index (χ2n) is 5.22. The summed E-state index contributed by atoms with van der Waals surface area (Å²) in [5.74, 6) is -0.889. The standard InChI is InChI=1S/C19H13FN2O/c1-12-5-4-8-17-18(12)15(11-22-17)19(23)14(10-21)9-13-6-2-3-7-16(13)20/h2-9,11,22H,1H3/b14-9+. The van der Waals surface area contributed by atoms with Crippen LogP contribution in [-0.2, 0) is 0 Å². The minimum atomic E-state index is -0.469. The first-order valence-electron chi connectivity index (χ1n) is 7.09. The number of hydrogen-bond acceptors (Lipinski definition) is 2. The molecule has 4 heteroatoms. The number of aromatic nitrogens is 1. The molecule has 0 saturated carbocycles. The van der Waals surface area contributed by atoms with E-state index in [0.717, 1.165) is 16.5 Å². The number of hydrogen-bond donors (Lipinski definition) is 1. The van der Waals surface area contributed by atoms with Crippen molar-refractivity contribution in [3.8, 4) is 6.07 Å². The molecule has 0 spiro atoms. The molecule has 23 heavy (non-hydrogen) atoms. The molecule has 3 rings (SSSR count). The molecule has 1 heterocycles. The van der Waals surface area contributed by atoms with Crippen LogP contribution in [0.1, 0.15) is 21.5 Å². The van der Waals surface area contributed by atoms with E-state index in [0.29, 0.717) is 5.56 Å². The summed E-state index contributed by atoms with van der Waals surface area (Å²) in [6.45, 7) is 1.90. The molecule has 0 bridgehead atoms. The zero-order chi connectivity index (χ0) is 16.4. The molecular weight excluding hydrogens is 291 g/mol. The molecule has 1 N–H and O–H groups in total. The lowest BCUT2D eigenvalue weighted by molar-refractivity contribution is 0.104. The number of nitrogens with zero attached hydrogens (tertiary/aromatic N) is 1. The number of rotatable bonds is 3.